The van der Waals surface area contributed by atoms with E-state index in [-0.39, 0.29) is 11.8 Å². The molecule has 0 bridgehead atoms. The van der Waals surface area contributed by atoms with Gasteiger partial charge in [0.15, 0.2) is 0 Å². The molecule has 1 atom stereocenters. The fourth-order valence-electron chi connectivity index (χ4n) is 1.01. The largest absolute Gasteiger partial charge is 0.508 e. The first-order chi connectivity index (χ1) is 5.66. The van der Waals surface area contributed by atoms with Crippen LogP contribution in [-0.4, -0.2) is 11.7 Å². The van der Waals surface area contributed by atoms with Crippen LogP contribution in [0.3, 0.4) is 0 Å². The Morgan fingerprint density at radius 1 is 1.50 bits per heavy atom. The predicted molar refractivity (Wildman–Crippen MR) is 51.8 cm³/mol. The van der Waals surface area contributed by atoms with E-state index in [1.54, 1.807) is 12.1 Å². The number of hydrogen-bond acceptors (Lipinski definition) is 3. The molecule has 0 spiro atoms. The van der Waals surface area contributed by atoms with Crippen LogP contribution in [0, 0.1) is 0 Å². The van der Waals surface area contributed by atoms with Gasteiger partial charge in [0.2, 0.25) is 0 Å². The Labute approximate surface area is 79.5 Å². The number of aromatic hydroxyl groups is 1. The third kappa shape index (κ3) is 1.77. The van der Waals surface area contributed by atoms with Gasteiger partial charge >= 0.3 is 0 Å². The summed E-state index contributed by atoms with van der Waals surface area (Å²) in [5.41, 5.74) is 11.7. The number of halogens is 1. The lowest BCUT2D eigenvalue weighted by molar-refractivity contribution is 0.461. The second kappa shape index (κ2) is 3.89. The Kier molecular flexibility index (Phi) is 3.08. The Balaban J connectivity index is 3.12. The molecular formula is C8H11BrN2O. The van der Waals surface area contributed by atoms with E-state index < -0.39 is 0 Å². The van der Waals surface area contributed by atoms with Crippen LogP contribution in [-0.2, 0) is 0 Å². The number of nitrogens with two attached hydrogens (primary N) is 2. The maximum absolute atomic E-state index is 9.43. The first kappa shape index (κ1) is 9.51. The molecule has 12 heavy (non-hydrogen) atoms. The van der Waals surface area contributed by atoms with E-state index in [4.69, 9.17) is 11.5 Å². The van der Waals surface area contributed by atoms with Crippen molar-refractivity contribution < 1.29 is 5.11 Å². The lowest BCUT2D eigenvalue weighted by Gasteiger charge is -2.12. The average Bonchev–Trinajstić information content (AvgIpc) is 2.03. The molecule has 0 fully saturated rings. The van der Waals surface area contributed by atoms with E-state index in [0.717, 1.165) is 4.47 Å². The molecule has 0 saturated carbocycles. The van der Waals surface area contributed by atoms with Crippen molar-refractivity contribution in [2.24, 2.45) is 11.5 Å². The third-order valence-electron chi connectivity index (χ3n) is 1.65. The first-order valence-electron chi connectivity index (χ1n) is 3.60. The fourth-order valence-corrected chi connectivity index (χ4v) is 1.66. The smallest absolute Gasteiger partial charge is 0.121 e. The highest BCUT2D eigenvalue weighted by Gasteiger charge is 2.11. The zero-order valence-corrected chi connectivity index (χ0v) is 8.08. The molecule has 0 aliphatic carbocycles. The summed E-state index contributed by atoms with van der Waals surface area (Å²) in [6, 6.07) is 4.84. The van der Waals surface area contributed by atoms with Crippen molar-refractivity contribution in [1.82, 2.24) is 0 Å². The van der Waals surface area contributed by atoms with Crippen molar-refractivity contribution in [2.75, 3.05) is 6.54 Å². The summed E-state index contributed by atoms with van der Waals surface area (Å²) in [6.07, 6.45) is 0. The highest BCUT2D eigenvalue weighted by Crippen LogP contribution is 2.29. The summed E-state index contributed by atoms with van der Waals surface area (Å²) in [5, 5.41) is 9.43. The van der Waals surface area contributed by atoms with Gasteiger partial charge in [-0.25, -0.2) is 0 Å². The van der Waals surface area contributed by atoms with Crippen molar-refractivity contribution in [3.8, 4) is 5.75 Å². The molecule has 1 unspecified atom stereocenters. The van der Waals surface area contributed by atoms with Gasteiger partial charge in [0.1, 0.15) is 5.75 Å². The van der Waals surface area contributed by atoms with Gasteiger partial charge in [-0.1, -0.05) is 22.0 Å². The normalized spacial score (nSPS) is 12.9. The molecule has 1 aromatic carbocycles. The summed E-state index contributed by atoms with van der Waals surface area (Å²) in [7, 11) is 0. The van der Waals surface area contributed by atoms with Gasteiger partial charge in [0, 0.05) is 22.6 Å². The van der Waals surface area contributed by atoms with Crippen LogP contribution in [0.1, 0.15) is 11.6 Å². The van der Waals surface area contributed by atoms with Crippen LogP contribution in [0.2, 0.25) is 0 Å². The van der Waals surface area contributed by atoms with Crippen molar-refractivity contribution in [2.45, 2.75) is 6.04 Å². The monoisotopic (exact) mass is 230 g/mol. The number of benzene rings is 1. The lowest BCUT2D eigenvalue weighted by atomic mass is 10.1. The van der Waals surface area contributed by atoms with Crippen molar-refractivity contribution in [1.29, 1.82) is 0 Å². The summed E-state index contributed by atoms with van der Waals surface area (Å²) < 4.78 is 0.792. The molecule has 3 nitrogen and oxygen atoms in total. The van der Waals surface area contributed by atoms with Crippen LogP contribution >= 0.6 is 15.9 Å². The standard InChI is InChI=1S/C8H11BrN2O/c9-5-2-1-3-7(12)8(5)6(11)4-10/h1-3,6,12H,4,10-11H2. The number of hydrogen-bond donors (Lipinski definition) is 3. The van der Waals surface area contributed by atoms with Gasteiger partial charge in [0.25, 0.3) is 0 Å². The number of phenols is 1. The van der Waals surface area contributed by atoms with E-state index in [2.05, 4.69) is 15.9 Å². The molecule has 0 radical (unpaired) electrons. The molecule has 66 valence electrons. The highest BCUT2D eigenvalue weighted by molar-refractivity contribution is 9.10. The van der Waals surface area contributed by atoms with Crippen molar-refractivity contribution >= 4 is 15.9 Å². The fraction of sp³-hybridized carbons (Fsp3) is 0.250. The quantitative estimate of drug-likeness (QED) is 0.713. The molecule has 0 aliphatic heterocycles. The van der Waals surface area contributed by atoms with Crippen molar-refractivity contribution in [3.05, 3.63) is 28.2 Å². The highest BCUT2D eigenvalue weighted by atomic mass is 79.9. The van der Waals surface area contributed by atoms with Gasteiger partial charge in [-0.05, 0) is 12.1 Å². The maximum Gasteiger partial charge on any atom is 0.121 e. The minimum atomic E-state index is -0.319. The zero-order valence-electron chi connectivity index (χ0n) is 6.50. The van der Waals surface area contributed by atoms with Crippen LogP contribution in [0.4, 0.5) is 0 Å². The third-order valence-corrected chi connectivity index (χ3v) is 2.35. The Bertz CT molecular complexity index is 258. The van der Waals surface area contributed by atoms with Crippen LogP contribution < -0.4 is 11.5 Å². The molecular weight excluding hydrogens is 220 g/mol. The lowest BCUT2D eigenvalue weighted by Crippen LogP contribution is -2.21. The van der Waals surface area contributed by atoms with E-state index >= 15 is 0 Å². The molecule has 1 aromatic rings. The minimum Gasteiger partial charge on any atom is -0.508 e. The SMILES string of the molecule is NCC(N)c1c(O)cccc1Br. The summed E-state index contributed by atoms with van der Waals surface area (Å²) in [6.45, 7) is 0.316. The molecule has 1 rings (SSSR count). The minimum absolute atomic E-state index is 0.183. The molecule has 0 aromatic heterocycles. The Hall–Kier alpha value is -0.580. The average molecular weight is 231 g/mol. The first-order valence-corrected chi connectivity index (χ1v) is 4.39. The van der Waals surface area contributed by atoms with E-state index in [1.807, 2.05) is 6.07 Å². The van der Waals surface area contributed by atoms with Gasteiger partial charge in [-0.15, -0.1) is 0 Å². The Morgan fingerprint density at radius 3 is 2.67 bits per heavy atom. The van der Waals surface area contributed by atoms with E-state index in [9.17, 15) is 5.11 Å². The van der Waals surface area contributed by atoms with Gasteiger partial charge < -0.3 is 16.6 Å². The molecule has 0 heterocycles. The van der Waals surface area contributed by atoms with Crippen LogP contribution in [0.5, 0.6) is 5.75 Å². The number of rotatable bonds is 2. The topological polar surface area (TPSA) is 72.3 Å². The molecule has 0 amide bonds. The van der Waals surface area contributed by atoms with Crippen molar-refractivity contribution in [3.63, 3.8) is 0 Å². The second-order valence-corrected chi connectivity index (χ2v) is 3.37. The van der Waals surface area contributed by atoms with Crippen LogP contribution in [0.25, 0.3) is 0 Å². The molecule has 4 heteroatoms. The van der Waals surface area contributed by atoms with E-state index in [0.29, 0.717) is 12.1 Å². The summed E-state index contributed by atoms with van der Waals surface area (Å²) in [4.78, 5) is 0. The van der Waals surface area contributed by atoms with Crippen LogP contribution in [0.15, 0.2) is 22.7 Å². The zero-order chi connectivity index (χ0) is 9.14. The Morgan fingerprint density at radius 2 is 2.17 bits per heavy atom. The second-order valence-electron chi connectivity index (χ2n) is 2.51. The molecule has 5 N–H and O–H groups in total. The van der Waals surface area contributed by atoms with E-state index in [1.165, 1.54) is 0 Å². The molecule has 0 aliphatic rings. The summed E-state index contributed by atoms with van der Waals surface area (Å²) in [5.74, 6) is 0.183. The van der Waals surface area contributed by atoms with Gasteiger partial charge in [-0.3, -0.25) is 0 Å². The van der Waals surface area contributed by atoms with Gasteiger partial charge in [-0.2, -0.15) is 0 Å². The maximum atomic E-state index is 9.43. The number of phenolic OH excluding ortho intramolecular Hbond substituents is 1. The summed E-state index contributed by atoms with van der Waals surface area (Å²) >= 11 is 3.29. The molecule has 0 saturated heterocycles. The predicted octanol–water partition coefficient (Wildman–Crippen LogP) is 1.11. The van der Waals surface area contributed by atoms with Gasteiger partial charge in [0.05, 0.1) is 0 Å².